The van der Waals surface area contributed by atoms with Gasteiger partial charge in [-0.2, -0.15) is 0 Å². The second kappa shape index (κ2) is 5.57. The van der Waals surface area contributed by atoms with Gasteiger partial charge in [0.05, 0.1) is 11.5 Å². The minimum Gasteiger partial charge on any atom is -0.507 e. The second-order valence-electron chi connectivity index (χ2n) is 6.09. The van der Waals surface area contributed by atoms with Crippen LogP contribution in [0.2, 0.25) is 0 Å². The van der Waals surface area contributed by atoms with Gasteiger partial charge in [-0.25, -0.2) is 4.79 Å². The van der Waals surface area contributed by atoms with Gasteiger partial charge in [0.15, 0.2) is 11.5 Å². The molecule has 1 aliphatic heterocycles. The lowest BCUT2D eigenvalue weighted by Crippen LogP contribution is -2.30. The number of aromatic hydroxyl groups is 4. The molecule has 0 radical (unpaired) electrons. The van der Waals surface area contributed by atoms with Gasteiger partial charge in [-0.15, -0.1) is 0 Å². The molecule has 5 N–H and O–H groups in total. The van der Waals surface area contributed by atoms with Gasteiger partial charge >= 0.3 is 5.63 Å². The van der Waals surface area contributed by atoms with Crippen molar-refractivity contribution in [2.45, 2.75) is 18.6 Å². The van der Waals surface area contributed by atoms with E-state index in [2.05, 4.69) is 0 Å². The number of aliphatic hydroxyl groups excluding tert-OH is 1. The summed E-state index contributed by atoms with van der Waals surface area (Å²) in [5.41, 5.74) is -0.227. The zero-order valence-corrected chi connectivity index (χ0v) is 13.2. The van der Waals surface area contributed by atoms with E-state index in [4.69, 9.17) is 9.15 Å². The van der Waals surface area contributed by atoms with Gasteiger partial charge in [-0.3, -0.25) is 0 Å². The van der Waals surface area contributed by atoms with Gasteiger partial charge < -0.3 is 34.7 Å². The largest absolute Gasteiger partial charge is 0.507 e. The van der Waals surface area contributed by atoms with Crippen LogP contribution in [0.3, 0.4) is 0 Å². The first-order chi connectivity index (χ1) is 12.3. The van der Waals surface area contributed by atoms with Crippen molar-refractivity contribution in [1.29, 1.82) is 0 Å². The number of ether oxygens (including phenoxy) is 1. The van der Waals surface area contributed by atoms with Crippen LogP contribution in [-0.4, -0.2) is 31.6 Å². The maximum atomic E-state index is 11.5. The molecule has 0 saturated heterocycles. The normalized spacial score (nSPS) is 19.1. The Balaban J connectivity index is 1.89. The monoisotopic (exact) mass is 358 g/mol. The van der Waals surface area contributed by atoms with Crippen molar-refractivity contribution >= 4 is 11.0 Å². The van der Waals surface area contributed by atoms with Gasteiger partial charge in [0.1, 0.15) is 23.2 Å². The standard InChI is InChI=1S/C18H14O8/c19-10-2-1-7(3-12(10)21)16-13(22)4-8-11(20)6-15-9(17(8)26-16)5-14(23)18(24)25-15/h1-3,5-6,13,16,19-23H,4H2/t13-,16-/m1/s1. The Hall–Kier alpha value is -3.39. The molecule has 134 valence electrons. The molecule has 2 aromatic carbocycles. The Labute approximate surface area is 145 Å². The molecular formula is C18H14O8. The van der Waals surface area contributed by atoms with Crippen LogP contribution in [-0.2, 0) is 6.42 Å². The summed E-state index contributed by atoms with van der Waals surface area (Å²) in [5.74, 6) is -1.35. The Morgan fingerprint density at radius 3 is 2.42 bits per heavy atom. The number of aliphatic hydroxyl groups is 1. The number of phenolic OH excluding ortho intramolecular Hbond substituents is 3. The number of hydrogen-bond acceptors (Lipinski definition) is 8. The van der Waals surface area contributed by atoms with Crippen LogP contribution in [0.5, 0.6) is 28.7 Å². The number of benzene rings is 2. The molecule has 0 amide bonds. The van der Waals surface area contributed by atoms with Gasteiger partial charge in [0.25, 0.3) is 0 Å². The SMILES string of the molecule is O=c1oc2cc(O)c3c(c2cc1O)O[C@H](c1ccc(O)c(O)c1)[C@H](O)C3. The first-order valence-electron chi connectivity index (χ1n) is 7.73. The molecule has 0 bridgehead atoms. The molecule has 0 fully saturated rings. The van der Waals surface area contributed by atoms with Crippen LogP contribution in [0.15, 0.2) is 39.5 Å². The summed E-state index contributed by atoms with van der Waals surface area (Å²) in [6.45, 7) is 0. The van der Waals surface area contributed by atoms with Crippen molar-refractivity contribution in [3.63, 3.8) is 0 Å². The van der Waals surface area contributed by atoms with E-state index in [0.717, 1.165) is 0 Å². The molecule has 0 unspecified atom stereocenters. The van der Waals surface area contributed by atoms with Crippen LogP contribution in [0, 0.1) is 0 Å². The number of rotatable bonds is 1. The highest BCUT2D eigenvalue weighted by Crippen LogP contribution is 2.45. The Kier molecular flexibility index (Phi) is 3.45. The fourth-order valence-corrected chi connectivity index (χ4v) is 3.11. The number of fused-ring (bicyclic) bond motifs is 3. The molecule has 3 aromatic rings. The van der Waals surface area contributed by atoms with Crippen molar-refractivity contribution in [2.75, 3.05) is 0 Å². The van der Waals surface area contributed by atoms with E-state index >= 15 is 0 Å². The van der Waals surface area contributed by atoms with Crippen molar-refractivity contribution in [2.24, 2.45) is 0 Å². The van der Waals surface area contributed by atoms with Crippen molar-refractivity contribution in [3.05, 3.63) is 51.9 Å². The zero-order chi connectivity index (χ0) is 18.6. The lowest BCUT2D eigenvalue weighted by atomic mass is 9.92. The highest BCUT2D eigenvalue weighted by molar-refractivity contribution is 5.88. The third kappa shape index (κ3) is 2.39. The average molecular weight is 358 g/mol. The summed E-state index contributed by atoms with van der Waals surface area (Å²) in [6.07, 6.45) is -1.92. The summed E-state index contributed by atoms with van der Waals surface area (Å²) >= 11 is 0. The van der Waals surface area contributed by atoms with Crippen LogP contribution >= 0.6 is 0 Å². The number of phenols is 3. The van der Waals surface area contributed by atoms with Gasteiger partial charge in [-0.1, -0.05) is 6.07 Å². The fourth-order valence-electron chi connectivity index (χ4n) is 3.11. The third-order valence-corrected chi connectivity index (χ3v) is 4.39. The molecule has 1 aromatic heterocycles. The van der Waals surface area contributed by atoms with E-state index in [9.17, 15) is 30.3 Å². The molecule has 0 saturated carbocycles. The first-order valence-corrected chi connectivity index (χ1v) is 7.73. The molecule has 0 spiro atoms. The quantitative estimate of drug-likeness (QED) is 0.327. The Morgan fingerprint density at radius 1 is 0.923 bits per heavy atom. The van der Waals surface area contributed by atoms with E-state index in [1.807, 2.05) is 0 Å². The molecule has 2 atom stereocenters. The minimum absolute atomic E-state index is 0.0211. The Morgan fingerprint density at radius 2 is 1.69 bits per heavy atom. The maximum absolute atomic E-state index is 11.5. The average Bonchev–Trinajstić information content (AvgIpc) is 2.59. The third-order valence-electron chi connectivity index (χ3n) is 4.39. The summed E-state index contributed by atoms with van der Waals surface area (Å²) in [4.78, 5) is 11.5. The summed E-state index contributed by atoms with van der Waals surface area (Å²) in [5, 5.41) is 49.6. The smallest absolute Gasteiger partial charge is 0.378 e. The van der Waals surface area contributed by atoms with Crippen LogP contribution in [0.25, 0.3) is 11.0 Å². The van der Waals surface area contributed by atoms with Crippen LogP contribution in [0.1, 0.15) is 17.2 Å². The van der Waals surface area contributed by atoms with Gasteiger partial charge in [0.2, 0.25) is 5.75 Å². The van der Waals surface area contributed by atoms with Crippen LogP contribution in [0.4, 0.5) is 0 Å². The molecule has 2 heterocycles. The summed E-state index contributed by atoms with van der Waals surface area (Å²) in [6, 6.07) is 6.40. The highest BCUT2D eigenvalue weighted by atomic mass is 16.5. The molecule has 0 aliphatic carbocycles. The second-order valence-corrected chi connectivity index (χ2v) is 6.09. The minimum atomic E-state index is -1.04. The molecule has 4 rings (SSSR count). The van der Waals surface area contributed by atoms with E-state index in [-0.39, 0.29) is 40.4 Å². The predicted molar refractivity (Wildman–Crippen MR) is 88.7 cm³/mol. The zero-order valence-electron chi connectivity index (χ0n) is 13.2. The predicted octanol–water partition coefficient (Wildman–Crippen LogP) is 1.65. The maximum Gasteiger partial charge on any atom is 0.378 e. The molecule has 26 heavy (non-hydrogen) atoms. The summed E-state index contributed by atoms with van der Waals surface area (Å²) in [7, 11) is 0. The molecular weight excluding hydrogens is 344 g/mol. The van der Waals surface area contributed by atoms with E-state index in [1.165, 1.54) is 30.3 Å². The molecule has 8 heteroatoms. The fraction of sp³-hybridized carbons (Fsp3) is 0.167. The van der Waals surface area contributed by atoms with Crippen molar-refractivity contribution in [1.82, 2.24) is 0 Å². The topological polar surface area (TPSA) is 141 Å². The van der Waals surface area contributed by atoms with E-state index in [0.29, 0.717) is 11.1 Å². The lowest BCUT2D eigenvalue weighted by molar-refractivity contribution is 0.0210. The molecule has 1 aliphatic rings. The molecule has 8 nitrogen and oxygen atoms in total. The van der Waals surface area contributed by atoms with Crippen molar-refractivity contribution < 1.29 is 34.7 Å². The lowest BCUT2D eigenvalue weighted by Gasteiger charge is -2.32. The van der Waals surface area contributed by atoms with Crippen molar-refractivity contribution in [3.8, 4) is 28.7 Å². The Bertz CT molecular complexity index is 1080. The number of hydrogen-bond donors (Lipinski definition) is 5. The van der Waals surface area contributed by atoms with E-state index < -0.39 is 23.6 Å². The highest BCUT2D eigenvalue weighted by Gasteiger charge is 2.34. The summed E-state index contributed by atoms with van der Waals surface area (Å²) < 4.78 is 10.8. The first kappa shape index (κ1) is 16.1. The van der Waals surface area contributed by atoms with Crippen LogP contribution < -0.4 is 10.4 Å². The van der Waals surface area contributed by atoms with E-state index in [1.54, 1.807) is 0 Å². The van der Waals surface area contributed by atoms with Gasteiger partial charge in [-0.05, 0) is 17.7 Å². The van der Waals surface area contributed by atoms with Gasteiger partial charge in [0, 0.05) is 24.1 Å².